The van der Waals surface area contributed by atoms with Crippen molar-refractivity contribution in [2.45, 2.75) is 46.2 Å². The minimum Gasteiger partial charge on any atom is -0.487 e. The third-order valence-corrected chi connectivity index (χ3v) is 4.50. The van der Waals surface area contributed by atoms with Gasteiger partial charge in [0.05, 0.1) is 6.20 Å². The first kappa shape index (κ1) is 19.1. The van der Waals surface area contributed by atoms with E-state index in [9.17, 15) is 14.0 Å². The molecule has 1 fully saturated rings. The lowest BCUT2D eigenvalue weighted by atomic mass is 9.92. The summed E-state index contributed by atoms with van der Waals surface area (Å²) in [5, 5.41) is 0. The summed E-state index contributed by atoms with van der Waals surface area (Å²) in [6.07, 6.45) is 2.54. The number of rotatable bonds is 6. The van der Waals surface area contributed by atoms with Crippen LogP contribution in [0.5, 0.6) is 5.75 Å². The third kappa shape index (κ3) is 4.37. The predicted octanol–water partition coefficient (Wildman–Crippen LogP) is 2.94. The molecule has 7 nitrogen and oxygen atoms in total. The molecule has 2 aliphatic rings. The van der Waals surface area contributed by atoms with Gasteiger partial charge in [-0.15, -0.1) is 0 Å². The van der Waals surface area contributed by atoms with Gasteiger partial charge >= 0.3 is 6.09 Å². The molecule has 0 bridgehead atoms. The van der Waals surface area contributed by atoms with Crippen molar-refractivity contribution in [3.63, 3.8) is 0 Å². The molecular weight excluding hydrogens is 353 g/mol. The van der Waals surface area contributed by atoms with E-state index in [-0.39, 0.29) is 24.7 Å². The molecule has 2 amide bonds. The number of ether oxygens (including phenoxy) is 2. The first-order valence-corrected chi connectivity index (χ1v) is 8.89. The van der Waals surface area contributed by atoms with Gasteiger partial charge in [-0.1, -0.05) is 20.8 Å². The van der Waals surface area contributed by atoms with Crippen LogP contribution < -0.4 is 10.5 Å². The van der Waals surface area contributed by atoms with E-state index >= 15 is 0 Å². The SMILES string of the molecule is CC(C)(C)C(F)=C(COC(N)=O)COc1cnc2c(c1)CN(C1CC1)C2=O. The Morgan fingerprint density at radius 2 is 2.07 bits per heavy atom. The van der Waals surface area contributed by atoms with Gasteiger partial charge in [-0.3, -0.25) is 4.79 Å². The van der Waals surface area contributed by atoms with E-state index < -0.39 is 17.3 Å². The average Bonchev–Trinajstić information content (AvgIpc) is 3.38. The molecule has 2 N–H and O–H groups in total. The largest absolute Gasteiger partial charge is 0.487 e. The standard InChI is InChI=1S/C19H24FN3O4/c1-19(2,3)16(20)12(10-27-18(21)25)9-26-14-6-11-8-23(13-4-5-13)17(24)15(11)22-7-14/h6-7,13H,4-5,8-10H2,1-3H3,(H2,21,25). The van der Waals surface area contributed by atoms with E-state index in [1.54, 1.807) is 26.8 Å². The monoisotopic (exact) mass is 377 g/mol. The Hall–Kier alpha value is -2.64. The minimum atomic E-state index is -0.980. The van der Waals surface area contributed by atoms with Gasteiger partial charge in [0, 0.05) is 29.1 Å². The predicted molar refractivity (Wildman–Crippen MR) is 95.8 cm³/mol. The Bertz CT molecular complexity index is 797. The van der Waals surface area contributed by atoms with Crippen LogP contribution in [0.2, 0.25) is 0 Å². The lowest BCUT2D eigenvalue weighted by molar-refractivity contribution is 0.0762. The summed E-state index contributed by atoms with van der Waals surface area (Å²) in [5.41, 5.74) is 5.67. The smallest absolute Gasteiger partial charge is 0.404 e. The van der Waals surface area contributed by atoms with Crippen LogP contribution in [0.4, 0.5) is 9.18 Å². The molecule has 0 aromatic carbocycles. The van der Waals surface area contributed by atoms with Gasteiger partial charge in [0.25, 0.3) is 5.91 Å². The van der Waals surface area contributed by atoms with Crippen LogP contribution in [0.15, 0.2) is 23.7 Å². The lowest BCUT2D eigenvalue weighted by Crippen LogP contribution is -2.26. The number of pyridine rings is 1. The van der Waals surface area contributed by atoms with Gasteiger partial charge in [0.15, 0.2) is 0 Å². The number of nitrogens with two attached hydrogens (primary N) is 1. The maximum atomic E-state index is 14.6. The zero-order chi connectivity index (χ0) is 19.8. The van der Waals surface area contributed by atoms with Crippen LogP contribution in [-0.2, 0) is 11.3 Å². The second-order valence-electron chi connectivity index (χ2n) is 7.91. The van der Waals surface area contributed by atoms with E-state index in [4.69, 9.17) is 15.2 Å². The Morgan fingerprint density at radius 1 is 1.37 bits per heavy atom. The molecule has 0 saturated heterocycles. The number of nitrogens with zero attached hydrogens (tertiary/aromatic N) is 2. The zero-order valence-corrected chi connectivity index (χ0v) is 15.8. The summed E-state index contributed by atoms with van der Waals surface area (Å²) in [6, 6.07) is 2.07. The topological polar surface area (TPSA) is 94.8 Å². The number of halogens is 1. The number of carbonyl (C=O) groups excluding carboxylic acids is 2. The summed E-state index contributed by atoms with van der Waals surface area (Å²) in [7, 11) is 0. The van der Waals surface area contributed by atoms with E-state index in [0.29, 0.717) is 24.0 Å². The highest BCUT2D eigenvalue weighted by molar-refractivity contribution is 5.96. The highest BCUT2D eigenvalue weighted by atomic mass is 19.1. The van der Waals surface area contributed by atoms with Crippen molar-refractivity contribution in [1.82, 2.24) is 9.88 Å². The minimum absolute atomic E-state index is 0.0479. The number of primary amides is 1. The van der Waals surface area contributed by atoms with Gasteiger partial charge in [-0.25, -0.2) is 14.2 Å². The summed E-state index contributed by atoms with van der Waals surface area (Å²) in [6.45, 7) is 5.25. The highest BCUT2D eigenvalue weighted by Crippen LogP contribution is 2.35. The summed E-state index contributed by atoms with van der Waals surface area (Å²) < 4.78 is 25.1. The van der Waals surface area contributed by atoms with E-state index in [1.807, 2.05) is 4.90 Å². The van der Waals surface area contributed by atoms with Crippen LogP contribution in [-0.4, -0.2) is 41.1 Å². The zero-order valence-electron chi connectivity index (χ0n) is 15.8. The molecule has 0 unspecified atom stereocenters. The fraction of sp³-hybridized carbons (Fsp3) is 0.526. The fourth-order valence-corrected chi connectivity index (χ4v) is 2.98. The molecule has 0 atom stereocenters. The van der Waals surface area contributed by atoms with Crippen molar-refractivity contribution in [2.75, 3.05) is 13.2 Å². The molecule has 27 heavy (non-hydrogen) atoms. The van der Waals surface area contributed by atoms with E-state index in [1.165, 1.54) is 6.20 Å². The molecule has 1 aromatic heterocycles. The van der Waals surface area contributed by atoms with Crippen molar-refractivity contribution in [1.29, 1.82) is 0 Å². The second kappa shape index (κ2) is 7.17. The van der Waals surface area contributed by atoms with Crippen LogP contribution in [0, 0.1) is 5.41 Å². The van der Waals surface area contributed by atoms with Gasteiger partial charge in [0.2, 0.25) is 0 Å². The number of allylic oxidation sites excluding steroid dienone is 1. The Labute approximate surface area is 157 Å². The molecule has 1 saturated carbocycles. The van der Waals surface area contributed by atoms with E-state index in [2.05, 4.69) is 4.98 Å². The number of hydrogen-bond donors (Lipinski definition) is 1. The normalized spacial score (nSPS) is 17.5. The molecule has 2 heterocycles. The fourth-order valence-electron chi connectivity index (χ4n) is 2.98. The first-order valence-electron chi connectivity index (χ1n) is 8.89. The average molecular weight is 377 g/mol. The first-order chi connectivity index (χ1) is 12.7. The van der Waals surface area contributed by atoms with Gasteiger partial charge in [-0.2, -0.15) is 0 Å². The van der Waals surface area contributed by atoms with E-state index in [0.717, 1.165) is 18.4 Å². The van der Waals surface area contributed by atoms with Gasteiger partial charge in [0.1, 0.15) is 30.5 Å². The molecule has 3 rings (SSSR count). The van der Waals surface area contributed by atoms with Crippen LogP contribution in [0.25, 0.3) is 0 Å². The number of aromatic nitrogens is 1. The lowest BCUT2D eigenvalue weighted by Gasteiger charge is -2.20. The summed E-state index contributed by atoms with van der Waals surface area (Å²) in [5.74, 6) is -0.0429. The number of amides is 2. The number of fused-ring (bicyclic) bond motifs is 1. The van der Waals surface area contributed by atoms with Crippen LogP contribution in [0.3, 0.4) is 0 Å². The Kier molecular flexibility index (Phi) is 5.08. The molecule has 0 spiro atoms. The number of hydrogen-bond acceptors (Lipinski definition) is 5. The molecule has 8 heteroatoms. The molecule has 0 radical (unpaired) electrons. The van der Waals surface area contributed by atoms with Crippen molar-refractivity contribution >= 4 is 12.0 Å². The molecule has 1 aliphatic heterocycles. The molecule has 146 valence electrons. The Morgan fingerprint density at radius 3 is 2.67 bits per heavy atom. The van der Waals surface area contributed by atoms with Crippen LogP contribution >= 0.6 is 0 Å². The van der Waals surface area contributed by atoms with Crippen molar-refractivity contribution in [3.05, 3.63) is 34.9 Å². The van der Waals surface area contributed by atoms with Crippen LogP contribution in [0.1, 0.15) is 49.7 Å². The summed E-state index contributed by atoms with van der Waals surface area (Å²) in [4.78, 5) is 29.2. The van der Waals surface area contributed by atoms with Gasteiger partial charge < -0.3 is 20.1 Å². The third-order valence-electron chi connectivity index (χ3n) is 4.50. The van der Waals surface area contributed by atoms with Crippen molar-refractivity contribution in [3.8, 4) is 5.75 Å². The Balaban J connectivity index is 1.72. The van der Waals surface area contributed by atoms with Crippen molar-refractivity contribution in [2.24, 2.45) is 11.1 Å². The molecular formula is C19H24FN3O4. The highest BCUT2D eigenvalue weighted by Gasteiger charge is 2.39. The maximum Gasteiger partial charge on any atom is 0.404 e. The molecule has 1 aromatic rings. The van der Waals surface area contributed by atoms with Crippen molar-refractivity contribution < 1.29 is 23.5 Å². The maximum absolute atomic E-state index is 14.6. The number of carbonyl (C=O) groups is 2. The summed E-state index contributed by atoms with van der Waals surface area (Å²) >= 11 is 0. The molecule has 1 aliphatic carbocycles. The second-order valence-corrected chi connectivity index (χ2v) is 7.91. The van der Waals surface area contributed by atoms with Gasteiger partial charge in [-0.05, 0) is 18.9 Å². The quantitative estimate of drug-likeness (QED) is 0.822.